The number of rotatable bonds is 5. The molecule has 0 bridgehead atoms. The van der Waals surface area contributed by atoms with Crippen LogP contribution in [0.2, 0.25) is 0 Å². The summed E-state index contributed by atoms with van der Waals surface area (Å²) in [4.78, 5) is 12.6. The lowest BCUT2D eigenvalue weighted by atomic mass is 10.00. The molecular weight excluding hydrogens is 312 g/mol. The summed E-state index contributed by atoms with van der Waals surface area (Å²) in [6, 6.07) is 11.7. The summed E-state index contributed by atoms with van der Waals surface area (Å²) < 4.78 is 33.0. The second-order valence-electron chi connectivity index (χ2n) is 5.94. The Balaban J connectivity index is 1.76. The second kappa shape index (κ2) is 6.59. The highest BCUT2D eigenvalue weighted by atomic mass is 19.3. The van der Waals surface area contributed by atoms with Crippen molar-refractivity contribution in [1.82, 2.24) is 4.90 Å². The molecule has 24 heavy (non-hydrogen) atoms. The molecule has 0 atom stereocenters. The first kappa shape index (κ1) is 16.4. The van der Waals surface area contributed by atoms with Crippen LogP contribution in [-0.4, -0.2) is 17.9 Å². The standard InChI is InChI=1S/C19H19F2NO2/c1-2-19(20,21)16-4-7-17(8-5-16)24-18-6-3-14-9-10-22(13-23)12-15(14)11-18/h3-8,11,13H,2,9-10,12H2,1H3. The van der Waals surface area contributed by atoms with Crippen LogP contribution in [0.25, 0.3) is 0 Å². The molecule has 0 spiro atoms. The van der Waals surface area contributed by atoms with E-state index in [1.807, 2.05) is 18.2 Å². The number of hydrogen-bond acceptors (Lipinski definition) is 2. The normalized spacial score (nSPS) is 14.2. The minimum atomic E-state index is -2.82. The van der Waals surface area contributed by atoms with Gasteiger partial charge in [0.25, 0.3) is 5.92 Å². The topological polar surface area (TPSA) is 29.5 Å². The number of ether oxygens (including phenoxy) is 1. The van der Waals surface area contributed by atoms with Crippen molar-refractivity contribution in [3.8, 4) is 11.5 Å². The van der Waals surface area contributed by atoms with E-state index in [4.69, 9.17) is 4.74 Å². The number of amides is 1. The van der Waals surface area contributed by atoms with Crippen molar-refractivity contribution < 1.29 is 18.3 Å². The summed E-state index contributed by atoms with van der Waals surface area (Å²) >= 11 is 0. The van der Waals surface area contributed by atoms with Crippen molar-refractivity contribution in [2.75, 3.05) is 6.54 Å². The monoisotopic (exact) mass is 331 g/mol. The molecule has 0 aliphatic carbocycles. The summed E-state index contributed by atoms with van der Waals surface area (Å²) in [5.41, 5.74) is 2.25. The van der Waals surface area contributed by atoms with Crippen LogP contribution < -0.4 is 4.74 Å². The molecule has 5 heteroatoms. The molecule has 1 aliphatic heterocycles. The van der Waals surface area contributed by atoms with Crippen LogP contribution in [0.4, 0.5) is 8.78 Å². The van der Waals surface area contributed by atoms with Gasteiger partial charge in [0, 0.05) is 25.1 Å². The molecule has 0 saturated heterocycles. The Bertz CT molecular complexity index is 729. The third kappa shape index (κ3) is 3.40. The van der Waals surface area contributed by atoms with Crippen molar-refractivity contribution >= 4 is 6.41 Å². The zero-order valence-corrected chi connectivity index (χ0v) is 13.5. The molecule has 0 aromatic heterocycles. The van der Waals surface area contributed by atoms with Gasteiger partial charge in [0.1, 0.15) is 11.5 Å². The molecule has 1 aliphatic rings. The van der Waals surface area contributed by atoms with Gasteiger partial charge in [0.2, 0.25) is 6.41 Å². The maximum absolute atomic E-state index is 13.6. The summed E-state index contributed by atoms with van der Waals surface area (Å²) in [7, 11) is 0. The molecule has 126 valence electrons. The van der Waals surface area contributed by atoms with E-state index in [9.17, 15) is 13.6 Å². The molecule has 3 rings (SSSR count). The Hall–Kier alpha value is -2.43. The Morgan fingerprint density at radius 1 is 1.12 bits per heavy atom. The largest absolute Gasteiger partial charge is 0.457 e. The van der Waals surface area contributed by atoms with Crippen LogP contribution in [0, 0.1) is 0 Å². The van der Waals surface area contributed by atoms with Crippen molar-refractivity contribution in [2.24, 2.45) is 0 Å². The molecule has 0 N–H and O–H groups in total. The van der Waals surface area contributed by atoms with Crippen LogP contribution in [0.15, 0.2) is 42.5 Å². The van der Waals surface area contributed by atoms with Crippen LogP contribution in [0.3, 0.4) is 0 Å². The number of carbonyl (C=O) groups excluding carboxylic acids is 1. The molecular formula is C19H19F2NO2. The summed E-state index contributed by atoms with van der Waals surface area (Å²) in [5.74, 6) is -1.67. The number of carbonyl (C=O) groups is 1. The van der Waals surface area contributed by atoms with Crippen molar-refractivity contribution in [1.29, 1.82) is 0 Å². The highest BCUT2D eigenvalue weighted by molar-refractivity contribution is 5.50. The van der Waals surface area contributed by atoms with Crippen molar-refractivity contribution in [3.05, 3.63) is 59.2 Å². The maximum Gasteiger partial charge on any atom is 0.273 e. The Kier molecular flexibility index (Phi) is 4.51. The van der Waals surface area contributed by atoms with Gasteiger partial charge in [-0.1, -0.05) is 13.0 Å². The second-order valence-corrected chi connectivity index (χ2v) is 5.94. The first-order valence-corrected chi connectivity index (χ1v) is 7.99. The van der Waals surface area contributed by atoms with Gasteiger partial charge in [0.05, 0.1) is 0 Å². The predicted molar refractivity (Wildman–Crippen MR) is 87.3 cm³/mol. The fourth-order valence-electron chi connectivity index (χ4n) is 2.82. The minimum absolute atomic E-state index is 0.00980. The quantitative estimate of drug-likeness (QED) is 0.755. The first-order chi connectivity index (χ1) is 11.5. The Labute approximate surface area is 139 Å². The molecule has 0 saturated carbocycles. The smallest absolute Gasteiger partial charge is 0.273 e. The number of halogens is 2. The minimum Gasteiger partial charge on any atom is -0.457 e. The molecule has 1 heterocycles. The number of alkyl halides is 2. The number of nitrogens with zero attached hydrogens (tertiary/aromatic N) is 1. The van der Waals surface area contributed by atoms with Crippen LogP contribution in [0.5, 0.6) is 11.5 Å². The van der Waals surface area contributed by atoms with Crippen LogP contribution in [0.1, 0.15) is 30.0 Å². The van der Waals surface area contributed by atoms with Gasteiger partial charge in [-0.25, -0.2) is 8.78 Å². The van der Waals surface area contributed by atoms with E-state index in [-0.39, 0.29) is 12.0 Å². The van der Waals surface area contributed by atoms with Gasteiger partial charge in [-0.15, -0.1) is 0 Å². The average molecular weight is 331 g/mol. The van der Waals surface area contributed by atoms with Crippen LogP contribution >= 0.6 is 0 Å². The van der Waals surface area contributed by atoms with Crippen molar-refractivity contribution in [3.63, 3.8) is 0 Å². The number of benzene rings is 2. The first-order valence-electron chi connectivity index (χ1n) is 7.99. The van der Waals surface area contributed by atoms with Gasteiger partial charge in [0.15, 0.2) is 0 Å². The highest BCUT2D eigenvalue weighted by Crippen LogP contribution is 2.33. The van der Waals surface area contributed by atoms with E-state index in [1.54, 1.807) is 17.0 Å². The number of hydrogen-bond donors (Lipinski definition) is 0. The fourth-order valence-corrected chi connectivity index (χ4v) is 2.82. The zero-order valence-electron chi connectivity index (χ0n) is 13.5. The van der Waals surface area contributed by atoms with Crippen LogP contribution in [-0.2, 0) is 23.7 Å². The molecule has 2 aromatic carbocycles. The third-order valence-corrected chi connectivity index (χ3v) is 4.32. The van der Waals surface area contributed by atoms with Gasteiger partial charge in [-0.3, -0.25) is 4.79 Å². The zero-order chi connectivity index (χ0) is 17.2. The van der Waals surface area contributed by atoms with E-state index >= 15 is 0 Å². The van der Waals surface area contributed by atoms with E-state index in [0.717, 1.165) is 24.9 Å². The summed E-state index contributed by atoms with van der Waals surface area (Å²) in [6.07, 6.45) is 1.45. The van der Waals surface area contributed by atoms with Crippen molar-refractivity contribution in [2.45, 2.75) is 32.2 Å². The molecule has 0 radical (unpaired) electrons. The summed E-state index contributed by atoms with van der Waals surface area (Å²) in [6.45, 7) is 2.75. The lowest BCUT2D eigenvalue weighted by Crippen LogP contribution is -2.28. The Morgan fingerprint density at radius 2 is 1.83 bits per heavy atom. The van der Waals surface area contributed by atoms with Gasteiger partial charge in [-0.2, -0.15) is 0 Å². The predicted octanol–water partition coefficient (Wildman–Crippen LogP) is 4.50. The third-order valence-electron chi connectivity index (χ3n) is 4.32. The molecule has 0 unspecified atom stereocenters. The molecule has 2 aromatic rings. The lowest BCUT2D eigenvalue weighted by molar-refractivity contribution is -0.118. The van der Waals surface area contributed by atoms with E-state index in [1.165, 1.54) is 24.6 Å². The maximum atomic E-state index is 13.6. The molecule has 1 amide bonds. The van der Waals surface area contributed by atoms with E-state index < -0.39 is 5.92 Å². The van der Waals surface area contributed by atoms with Gasteiger partial charge >= 0.3 is 0 Å². The van der Waals surface area contributed by atoms with E-state index in [0.29, 0.717) is 18.0 Å². The number of fused-ring (bicyclic) bond motifs is 1. The average Bonchev–Trinajstić information content (AvgIpc) is 2.61. The van der Waals surface area contributed by atoms with Gasteiger partial charge < -0.3 is 9.64 Å². The Morgan fingerprint density at radius 3 is 2.50 bits per heavy atom. The SMILES string of the molecule is CCC(F)(F)c1ccc(Oc2ccc3c(c2)CN(C=O)CC3)cc1. The lowest BCUT2D eigenvalue weighted by Gasteiger charge is -2.25. The van der Waals surface area contributed by atoms with E-state index in [2.05, 4.69) is 0 Å². The highest BCUT2D eigenvalue weighted by Gasteiger charge is 2.28. The fraction of sp³-hybridized carbons (Fsp3) is 0.316. The molecule has 3 nitrogen and oxygen atoms in total. The molecule has 0 fully saturated rings. The summed E-state index contributed by atoms with van der Waals surface area (Å²) in [5, 5.41) is 0. The van der Waals surface area contributed by atoms with Gasteiger partial charge in [-0.05, 0) is 53.9 Å².